The van der Waals surface area contributed by atoms with Crippen molar-refractivity contribution in [3.8, 4) is 0 Å². The predicted octanol–water partition coefficient (Wildman–Crippen LogP) is 3.19. The molecule has 0 unspecified atom stereocenters. The van der Waals surface area contributed by atoms with E-state index in [0.29, 0.717) is 5.82 Å². The first-order valence-corrected chi connectivity index (χ1v) is 8.88. The molecule has 122 valence electrons. The number of hydrogen-bond acceptors (Lipinski definition) is 5. The summed E-state index contributed by atoms with van der Waals surface area (Å²) in [6.07, 6.45) is 7.71. The average molecular weight is 311 g/mol. The second kappa shape index (κ2) is 6.22. The number of hydrogen-bond donors (Lipinski definition) is 1. The van der Waals surface area contributed by atoms with Gasteiger partial charge in [0.2, 0.25) is 0 Å². The fourth-order valence-corrected chi connectivity index (χ4v) is 3.77. The van der Waals surface area contributed by atoms with Crippen molar-refractivity contribution in [2.45, 2.75) is 38.5 Å². The molecule has 0 aromatic carbocycles. The molecule has 5 heteroatoms. The van der Waals surface area contributed by atoms with Gasteiger partial charge in [-0.2, -0.15) is 0 Å². The molecule has 0 aliphatic carbocycles. The number of fused-ring (bicyclic) bond motifs is 1. The Morgan fingerprint density at radius 3 is 2.13 bits per heavy atom. The third-order valence-corrected chi connectivity index (χ3v) is 5.04. The Kier molecular flexibility index (Phi) is 3.93. The summed E-state index contributed by atoms with van der Waals surface area (Å²) in [5.74, 6) is 1.61. The van der Waals surface area contributed by atoms with Crippen molar-refractivity contribution in [3.05, 3.63) is 18.2 Å². The van der Waals surface area contributed by atoms with Gasteiger partial charge in [0.05, 0.1) is 5.69 Å². The lowest BCUT2D eigenvalue weighted by Gasteiger charge is -2.32. The second-order valence-electron chi connectivity index (χ2n) is 6.70. The van der Waals surface area contributed by atoms with Gasteiger partial charge in [-0.3, -0.25) is 0 Å². The van der Waals surface area contributed by atoms with E-state index in [9.17, 15) is 0 Å². The smallest absolute Gasteiger partial charge is 0.165 e. The molecule has 0 spiro atoms. The highest BCUT2D eigenvalue weighted by Gasteiger charge is 2.19. The Morgan fingerprint density at radius 2 is 1.43 bits per heavy atom. The molecule has 2 aromatic rings. The molecule has 4 rings (SSSR count). The van der Waals surface area contributed by atoms with Crippen LogP contribution in [0.25, 0.3) is 11.0 Å². The zero-order valence-corrected chi connectivity index (χ0v) is 13.7. The Bertz CT molecular complexity index is 687. The Labute approximate surface area is 137 Å². The number of anilines is 3. The van der Waals surface area contributed by atoms with Gasteiger partial charge in [-0.25, -0.2) is 9.97 Å². The van der Waals surface area contributed by atoms with Gasteiger partial charge in [0.25, 0.3) is 0 Å². The lowest BCUT2D eigenvalue weighted by atomic mass is 10.1. The molecule has 23 heavy (non-hydrogen) atoms. The lowest BCUT2D eigenvalue weighted by molar-refractivity contribution is 0.571. The van der Waals surface area contributed by atoms with E-state index in [1.54, 1.807) is 0 Å². The summed E-state index contributed by atoms with van der Waals surface area (Å²) in [5.41, 5.74) is 7.97. The largest absolute Gasteiger partial charge is 0.384 e. The summed E-state index contributed by atoms with van der Waals surface area (Å²) in [5, 5.41) is 1.13. The molecule has 2 fully saturated rings. The zero-order chi connectivity index (χ0) is 15.6. The summed E-state index contributed by atoms with van der Waals surface area (Å²) < 4.78 is 0. The molecular formula is C18H25N5. The van der Waals surface area contributed by atoms with Gasteiger partial charge in [0.15, 0.2) is 5.65 Å². The van der Waals surface area contributed by atoms with Gasteiger partial charge in [0.1, 0.15) is 11.6 Å². The lowest BCUT2D eigenvalue weighted by Crippen LogP contribution is -2.32. The minimum Gasteiger partial charge on any atom is -0.384 e. The molecule has 2 aromatic heterocycles. The standard InChI is InChI=1S/C18H25N5/c19-16-8-7-14-15(22-9-3-1-4-10-22)13-17(21-18(14)20-16)23-11-5-2-6-12-23/h7-8,13H,1-6,9-12H2,(H2,19,20,21). The highest BCUT2D eigenvalue weighted by Crippen LogP contribution is 2.32. The van der Waals surface area contributed by atoms with E-state index in [1.807, 2.05) is 6.07 Å². The number of rotatable bonds is 2. The van der Waals surface area contributed by atoms with Crippen molar-refractivity contribution < 1.29 is 0 Å². The molecule has 5 nitrogen and oxygen atoms in total. The minimum atomic E-state index is 0.547. The van der Waals surface area contributed by atoms with E-state index in [4.69, 9.17) is 10.7 Å². The van der Waals surface area contributed by atoms with Crippen LogP contribution in [0.4, 0.5) is 17.3 Å². The van der Waals surface area contributed by atoms with Crippen molar-refractivity contribution in [1.82, 2.24) is 9.97 Å². The molecule has 0 amide bonds. The maximum absolute atomic E-state index is 5.90. The molecule has 0 saturated carbocycles. The van der Waals surface area contributed by atoms with Crippen LogP contribution in [0.3, 0.4) is 0 Å². The minimum absolute atomic E-state index is 0.547. The Hall–Kier alpha value is -2.04. The summed E-state index contributed by atoms with van der Waals surface area (Å²) in [6, 6.07) is 6.24. The number of piperidine rings is 2. The number of nitrogens with zero attached hydrogens (tertiary/aromatic N) is 4. The van der Waals surface area contributed by atoms with E-state index in [-0.39, 0.29) is 0 Å². The van der Waals surface area contributed by atoms with Gasteiger partial charge < -0.3 is 15.5 Å². The first kappa shape index (κ1) is 14.5. The van der Waals surface area contributed by atoms with Gasteiger partial charge in [-0.1, -0.05) is 0 Å². The number of pyridine rings is 2. The summed E-state index contributed by atoms with van der Waals surface area (Å²) >= 11 is 0. The van der Waals surface area contributed by atoms with E-state index in [1.165, 1.54) is 44.2 Å². The number of aromatic nitrogens is 2. The van der Waals surface area contributed by atoms with Gasteiger partial charge in [-0.15, -0.1) is 0 Å². The van der Waals surface area contributed by atoms with Crippen LogP contribution in [0.5, 0.6) is 0 Å². The highest BCUT2D eigenvalue weighted by molar-refractivity contribution is 5.92. The fourth-order valence-electron chi connectivity index (χ4n) is 3.77. The highest BCUT2D eigenvalue weighted by atomic mass is 15.2. The molecular weight excluding hydrogens is 286 g/mol. The maximum Gasteiger partial charge on any atom is 0.165 e. The average Bonchev–Trinajstić information content (AvgIpc) is 2.62. The van der Waals surface area contributed by atoms with E-state index < -0.39 is 0 Å². The molecule has 0 bridgehead atoms. The van der Waals surface area contributed by atoms with Crippen LogP contribution in [0.2, 0.25) is 0 Å². The third-order valence-electron chi connectivity index (χ3n) is 5.04. The monoisotopic (exact) mass is 311 g/mol. The summed E-state index contributed by atoms with van der Waals surface area (Å²) in [4.78, 5) is 14.2. The predicted molar refractivity (Wildman–Crippen MR) is 96.1 cm³/mol. The van der Waals surface area contributed by atoms with Gasteiger partial charge in [0, 0.05) is 37.6 Å². The zero-order valence-electron chi connectivity index (χ0n) is 13.7. The van der Waals surface area contributed by atoms with Crippen LogP contribution in [0.15, 0.2) is 18.2 Å². The SMILES string of the molecule is Nc1ccc2c(N3CCCCC3)cc(N3CCCCC3)nc2n1. The Morgan fingerprint density at radius 1 is 0.783 bits per heavy atom. The topological polar surface area (TPSA) is 58.3 Å². The van der Waals surface area contributed by atoms with E-state index in [0.717, 1.165) is 43.0 Å². The molecule has 2 N–H and O–H groups in total. The number of nitrogens with two attached hydrogens (primary N) is 1. The van der Waals surface area contributed by atoms with E-state index in [2.05, 4.69) is 26.9 Å². The summed E-state index contributed by atoms with van der Waals surface area (Å²) in [7, 11) is 0. The van der Waals surface area contributed by atoms with Gasteiger partial charge in [-0.05, 0) is 50.7 Å². The van der Waals surface area contributed by atoms with Crippen LogP contribution in [-0.2, 0) is 0 Å². The fraction of sp³-hybridized carbons (Fsp3) is 0.556. The Balaban J connectivity index is 1.80. The normalized spacial score (nSPS) is 19.3. The second-order valence-corrected chi connectivity index (χ2v) is 6.70. The third kappa shape index (κ3) is 2.92. The van der Waals surface area contributed by atoms with Crippen molar-refractivity contribution in [3.63, 3.8) is 0 Å². The number of nitrogen functional groups attached to an aromatic ring is 1. The van der Waals surface area contributed by atoms with Crippen LogP contribution < -0.4 is 15.5 Å². The molecule has 0 radical (unpaired) electrons. The van der Waals surface area contributed by atoms with Crippen LogP contribution in [0, 0.1) is 0 Å². The first-order valence-electron chi connectivity index (χ1n) is 8.88. The van der Waals surface area contributed by atoms with Crippen LogP contribution >= 0.6 is 0 Å². The molecule has 0 atom stereocenters. The first-order chi connectivity index (χ1) is 11.3. The van der Waals surface area contributed by atoms with Crippen LogP contribution in [-0.4, -0.2) is 36.1 Å². The molecule has 2 aliphatic rings. The van der Waals surface area contributed by atoms with Crippen molar-refractivity contribution in [2.24, 2.45) is 0 Å². The van der Waals surface area contributed by atoms with Crippen LogP contribution in [0.1, 0.15) is 38.5 Å². The quantitative estimate of drug-likeness (QED) is 0.923. The molecule has 4 heterocycles. The summed E-state index contributed by atoms with van der Waals surface area (Å²) in [6.45, 7) is 4.45. The molecule has 2 aliphatic heterocycles. The maximum atomic E-state index is 5.90. The van der Waals surface area contributed by atoms with Crippen molar-refractivity contribution in [2.75, 3.05) is 41.7 Å². The van der Waals surface area contributed by atoms with Crippen molar-refractivity contribution >= 4 is 28.4 Å². The van der Waals surface area contributed by atoms with E-state index >= 15 is 0 Å². The molecule has 2 saturated heterocycles. The van der Waals surface area contributed by atoms with Crippen molar-refractivity contribution in [1.29, 1.82) is 0 Å². The van der Waals surface area contributed by atoms with Gasteiger partial charge >= 0.3 is 0 Å².